The molecule has 2 aromatic carbocycles. The van der Waals surface area contributed by atoms with E-state index < -0.39 is 0 Å². The van der Waals surface area contributed by atoms with Crippen LogP contribution < -0.4 is 4.74 Å². The third-order valence-electron chi connectivity index (χ3n) is 5.46. The van der Waals surface area contributed by atoms with E-state index in [0.717, 1.165) is 27.6 Å². The van der Waals surface area contributed by atoms with Crippen molar-refractivity contribution in [3.8, 4) is 5.75 Å². The van der Waals surface area contributed by atoms with Gasteiger partial charge in [-0.1, -0.05) is 59.8 Å². The van der Waals surface area contributed by atoms with Crippen LogP contribution in [-0.2, 0) is 12.2 Å². The molecule has 0 radical (unpaired) electrons. The maximum absolute atomic E-state index is 12.9. The molecule has 1 aliphatic carbocycles. The molecule has 0 saturated heterocycles. The number of ether oxygens (including phenoxy) is 1. The standard InChI is InChI=1S/C23H19ClN4O2S/c1-30-21-9-5-3-7-16(21)15-10-19-17(20(29)11-15)12-28-22(25-19)26-23(27-28)31-13-14-6-2-4-8-18(14)24/h2-9,12,15H,10-11,13H2,1H3/t15-/m0/s1. The average molecular weight is 451 g/mol. The predicted octanol–water partition coefficient (Wildman–Crippen LogP) is 4.99. The molecule has 1 atom stereocenters. The van der Waals surface area contributed by atoms with Gasteiger partial charge in [0.1, 0.15) is 5.75 Å². The number of carbonyl (C=O) groups excluding carboxylic acids is 1. The van der Waals surface area contributed by atoms with Crippen molar-refractivity contribution in [2.45, 2.75) is 29.7 Å². The van der Waals surface area contributed by atoms with Crippen molar-refractivity contribution in [3.63, 3.8) is 0 Å². The zero-order chi connectivity index (χ0) is 21.4. The lowest BCUT2D eigenvalue weighted by Crippen LogP contribution is -2.21. The van der Waals surface area contributed by atoms with Crippen LogP contribution in [0.5, 0.6) is 5.75 Å². The molecule has 5 rings (SSSR count). The van der Waals surface area contributed by atoms with Crippen molar-refractivity contribution in [2.24, 2.45) is 0 Å². The molecule has 0 saturated carbocycles. The molecule has 2 aromatic heterocycles. The SMILES string of the molecule is COc1ccccc1[C@@H]1CC(=O)c2cn3nc(SCc4ccccc4Cl)nc3nc2C1. The quantitative estimate of drug-likeness (QED) is 0.399. The van der Waals surface area contributed by atoms with E-state index in [4.69, 9.17) is 16.3 Å². The Kier molecular flexibility index (Phi) is 5.38. The van der Waals surface area contributed by atoms with Crippen molar-refractivity contribution in [3.05, 3.63) is 82.1 Å². The Bertz CT molecular complexity index is 1290. The number of ketones is 1. The minimum atomic E-state index is 0.0306. The van der Waals surface area contributed by atoms with E-state index >= 15 is 0 Å². The van der Waals surface area contributed by atoms with Gasteiger partial charge in [-0.3, -0.25) is 4.79 Å². The Balaban J connectivity index is 1.42. The lowest BCUT2D eigenvalue weighted by Gasteiger charge is -2.24. The van der Waals surface area contributed by atoms with Gasteiger partial charge in [0.25, 0.3) is 5.78 Å². The number of fused-ring (bicyclic) bond motifs is 2. The van der Waals surface area contributed by atoms with E-state index in [1.807, 2.05) is 48.5 Å². The van der Waals surface area contributed by atoms with Gasteiger partial charge in [-0.25, -0.2) is 9.50 Å². The van der Waals surface area contributed by atoms with Crippen molar-refractivity contribution in [2.75, 3.05) is 7.11 Å². The second kappa shape index (κ2) is 8.32. The molecule has 0 spiro atoms. The van der Waals surface area contributed by atoms with E-state index in [2.05, 4.69) is 15.1 Å². The van der Waals surface area contributed by atoms with Crippen LogP contribution in [0, 0.1) is 0 Å². The highest BCUT2D eigenvalue weighted by Crippen LogP contribution is 2.36. The molecule has 0 amide bonds. The summed E-state index contributed by atoms with van der Waals surface area (Å²) in [5.41, 5.74) is 3.43. The summed E-state index contributed by atoms with van der Waals surface area (Å²) in [4.78, 5) is 22.1. The summed E-state index contributed by atoms with van der Waals surface area (Å²) in [6.45, 7) is 0. The number of halogens is 1. The zero-order valence-electron chi connectivity index (χ0n) is 16.8. The Labute approximate surface area is 188 Å². The number of carbonyl (C=O) groups is 1. The number of aromatic nitrogens is 4. The predicted molar refractivity (Wildman–Crippen MR) is 120 cm³/mol. The van der Waals surface area contributed by atoms with Gasteiger partial charge in [-0.15, -0.1) is 5.10 Å². The van der Waals surface area contributed by atoms with Gasteiger partial charge < -0.3 is 4.74 Å². The number of benzene rings is 2. The summed E-state index contributed by atoms with van der Waals surface area (Å²) in [5.74, 6) is 2.04. The first-order valence-corrected chi connectivity index (χ1v) is 11.3. The topological polar surface area (TPSA) is 69.4 Å². The summed E-state index contributed by atoms with van der Waals surface area (Å²) < 4.78 is 7.09. The summed E-state index contributed by atoms with van der Waals surface area (Å²) >= 11 is 7.73. The van der Waals surface area contributed by atoms with Crippen LogP contribution in [0.3, 0.4) is 0 Å². The second-order valence-corrected chi connectivity index (χ2v) is 8.74. The highest BCUT2D eigenvalue weighted by Gasteiger charge is 2.30. The van der Waals surface area contributed by atoms with Gasteiger partial charge in [-0.2, -0.15) is 4.98 Å². The van der Waals surface area contributed by atoms with Crippen LogP contribution in [0.1, 0.15) is 39.5 Å². The van der Waals surface area contributed by atoms with Crippen molar-refractivity contribution in [1.82, 2.24) is 19.6 Å². The lowest BCUT2D eigenvalue weighted by molar-refractivity contribution is 0.0962. The highest BCUT2D eigenvalue weighted by atomic mass is 35.5. The molecular weight excluding hydrogens is 432 g/mol. The molecule has 8 heteroatoms. The molecule has 1 aliphatic rings. The lowest BCUT2D eigenvalue weighted by atomic mass is 9.82. The zero-order valence-corrected chi connectivity index (χ0v) is 18.4. The maximum Gasteiger partial charge on any atom is 0.253 e. The number of Topliss-reactive ketones (excluding diaryl/α,β-unsaturated/α-hetero) is 1. The first-order chi connectivity index (χ1) is 15.1. The Morgan fingerprint density at radius 2 is 1.94 bits per heavy atom. The van der Waals surface area contributed by atoms with Crippen molar-refractivity contribution >= 4 is 34.9 Å². The number of hydrogen-bond donors (Lipinski definition) is 0. The monoisotopic (exact) mass is 450 g/mol. The normalized spacial score (nSPS) is 15.8. The van der Waals surface area contributed by atoms with Crippen LogP contribution in [0.25, 0.3) is 5.78 Å². The number of thioether (sulfide) groups is 1. The van der Waals surface area contributed by atoms with Gasteiger partial charge in [0.05, 0.1) is 18.4 Å². The third kappa shape index (κ3) is 3.91. The van der Waals surface area contributed by atoms with E-state index in [1.54, 1.807) is 17.8 Å². The maximum atomic E-state index is 12.9. The molecule has 0 aliphatic heterocycles. The van der Waals surface area contributed by atoms with E-state index in [-0.39, 0.29) is 11.7 Å². The molecule has 2 heterocycles. The van der Waals surface area contributed by atoms with E-state index in [9.17, 15) is 4.79 Å². The van der Waals surface area contributed by atoms with Crippen molar-refractivity contribution in [1.29, 1.82) is 0 Å². The number of methoxy groups -OCH3 is 1. The summed E-state index contributed by atoms with van der Waals surface area (Å²) in [5, 5.41) is 5.82. The number of nitrogens with zero attached hydrogens (tertiary/aromatic N) is 4. The first-order valence-electron chi connectivity index (χ1n) is 9.91. The Morgan fingerprint density at radius 1 is 1.13 bits per heavy atom. The molecule has 0 unspecified atom stereocenters. The Hall–Kier alpha value is -2.90. The van der Waals surface area contributed by atoms with Gasteiger partial charge in [0.15, 0.2) is 5.78 Å². The van der Waals surface area contributed by atoms with Crippen LogP contribution in [0.4, 0.5) is 0 Å². The molecule has 4 aromatic rings. The smallest absolute Gasteiger partial charge is 0.253 e. The Morgan fingerprint density at radius 3 is 2.77 bits per heavy atom. The minimum absolute atomic E-state index is 0.0306. The van der Waals surface area contributed by atoms with Crippen molar-refractivity contribution < 1.29 is 9.53 Å². The molecule has 156 valence electrons. The van der Waals surface area contributed by atoms with Gasteiger partial charge >= 0.3 is 0 Å². The third-order valence-corrected chi connectivity index (χ3v) is 6.71. The van der Waals surface area contributed by atoms with Gasteiger partial charge in [-0.05, 0) is 29.7 Å². The summed E-state index contributed by atoms with van der Waals surface area (Å²) in [7, 11) is 1.65. The molecular formula is C23H19ClN4O2S. The number of para-hydroxylation sites is 1. The summed E-state index contributed by atoms with van der Waals surface area (Å²) in [6.07, 6.45) is 2.83. The summed E-state index contributed by atoms with van der Waals surface area (Å²) in [6, 6.07) is 15.6. The van der Waals surface area contributed by atoms with Gasteiger partial charge in [0, 0.05) is 29.3 Å². The van der Waals surface area contributed by atoms with E-state index in [0.29, 0.717) is 35.1 Å². The molecule has 0 N–H and O–H groups in total. The molecule has 6 nitrogen and oxygen atoms in total. The van der Waals surface area contributed by atoms with E-state index in [1.165, 1.54) is 11.8 Å². The van der Waals surface area contributed by atoms with Crippen LogP contribution in [0.2, 0.25) is 5.02 Å². The fourth-order valence-corrected chi connectivity index (χ4v) is 5.02. The number of hydrogen-bond acceptors (Lipinski definition) is 6. The fourth-order valence-electron chi connectivity index (χ4n) is 3.91. The van der Waals surface area contributed by atoms with Crippen LogP contribution in [-0.4, -0.2) is 32.5 Å². The first kappa shape index (κ1) is 20.0. The molecule has 31 heavy (non-hydrogen) atoms. The van der Waals surface area contributed by atoms with Crippen LogP contribution in [0.15, 0.2) is 59.9 Å². The minimum Gasteiger partial charge on any atom is -0.496 e. The average Bonchev–Trinajstić information content (AvgIpc) is 3.19. The second-order valence-electron chi connectivity index (χ2n) is 7.39. The fraction of sp³-hybridized carbons (Fsp3) is 0.217. The molecule has 0 bridgehead atoms. The molecule has 0 fully saturated rings. The largest absolute Gasteiger partial charge is 0.496 e. The van der Waals surface area contributed by atoms with Gasteiger partial charge in [0.2, 0.25) is 5.16 Å². The van der Waals surface area contributed by atoms with Crippen LogP contribution >= 0.6 is 23.4 Å². The highest BCUT2D eigenvalue weighted by molar-refractivity contribution is 7.98. The number of rotatable bonds is 5.